The number of imidazole rings is 1. The van der Waals surface area contributed by atoms with Gasteiger partial charge in [-0.25, -0.2) is 9.78 Å². The van der Waals surface area contributed by atoms with Crippen molar-refractivity contribution in [1.82, 2.24) is 14.5 Å². The van der Waals surface area contributed by atoms with Gasteiger partial charge in [0.05, 0.1) is 5.52 Å². The number of H-pyrrole nitrogens is 1. The fourth-order valence-electron chi connectivity index (χ4n) is 3.34. The fraction of sp³-hybridized carbons (Fsp3) is 0.294. The first-order chi connectivity index (χ1) is 10.8. The predicted molar refractivity (Wildman–Crippen MR) is 87.3 cm³/mol. The molecule has 0 spiro atoms. The van der Waals surface area contributed by atoms with Crippen LogP contribution in [-0.2, 0) is 0 Å². The summed E-state index contributed by atoms with van der Waals surface area (Å²) in [5.74, 6) is 0. The maximum absolute atomic E-state index is 12.2. The lowest BCUT2D eigenvalue weighted by atomic mass is 10.0. The number of hydrogen-bond acceptors (Lipinski definition) is 3. The number of piperidine rings is 1. The van der Waals surface area contributed by atoms with Crippen molar-refractivity contribution in [3.63, 3.8) is 0 Å². The number of rotatable bonds is 2. The molecule has 1 N–H and O–H groups in total. The maximum atomic E-state index is 12.2. The van der Waals surface area contributed by atoms with Crippen molar-refractivity contribution in [3.05, 3.63) is 59.1 Å². The lowest BCUT2D eigenvalue weighted by Crippen LogP contribution is -2.36. The van der Waals surface area contributed by atoms with Crippen molar-refractivity contribution < 1.29 is 0 Å². The number of benzene rings is 1. The first kappa shape index (κ1) is 13.1. The average molecular weight is 294 g/mol. The number of anilines is 1. The van der Waals surface area contributed by atoms with Crippen molar-refractivity contribution in [1.29, 1.82) is 0 Å². The molecule has 0 saturated carbocycles. The van der Waals surface area contributed by atoms with Gasteiger partial charge in [0.1, 0.15) is 0 Å². The smallest absolute Gasteiger partial charge is 0.327 e. The minimum absolute atomic E-state index is 0.0492. The molecular weight excluding hydrogens is 276 g/mol. The van der Waals surface area contributed by atoms with E-state index in [-0.39, 0.29) is 11.7 Å². The second-order valence-electron chi connectivity index (χ2n) is 5.73. The molecule has 2 aromatic heterocycles. The minimum Gasteiger partial charge on any atom is -0.371 e. The third-order valence-corrected chi connectivity index (χ3v) is 4.44. The van der Waals surface area contributed by atoms with Crippen molar-refractivity contribution in [2.45, 2.75) is 18.9 Å². The number of fused-ring (bicyclic) bond motifs is 1. The number of hydrogen-bond donors (Lipinski definition) is 1. The van der Waals surface area contributed by atoms with Crippen LogP contribution in [0, 0.1) is 0 Å². The van der Waals surface area contributed by atoms with Crippen molar-refractivity contribution in [2.24, 2.45) is 0 Å². The van der Waals surface area contributed by atoms with Crippen LogP contribution < -0.4 is 10.6 Å². The molecule has 1 saturated heterocycles. The molecule has 1 aliphatic heterocycles. The average Bonchev–Trinajstić information content (AvgIpc) is 2.91. The molecule has 0 bridgehead atoms. The van der Waals surface area contributed by atoms with E-state index in [0.717, 1.165) is 31.4 Å². The van der Waals surface area contributed by atoms with Crippen molar-refractivity contribution >= 4 is 16.9 Å². The number of aromatic amines is 1. The van der Waals surface area contributed by atoms with Crippen LogP contribution in [0.4, 0.5) is 5.69 Å². The van der Waals surface area contributed by atoms with Gasteiger partial charge in [-0.3, -0.25) is 9.55 Å². The van der Waals surface area contributed by atoms with Gasteiger partial charge in [0.2, 0.25) is 0 Å². The molecule has 0 amide bonds. The molecule has 1 aromatic carbocycles. The maximum Gasteiger partial charge on any atom is 0.327 e. The summed E-state index contributed by atoms with van der Waals surface area (Å²) in [6.45, 7) is 1.93. The van der Waals surface area contributed by atoms with E-state index < -0.39 is 0 Å². The number of nitrogens with zero attached hydrogens (tertiary/aromatic N) is 3. The van der Waals surface area contributed by atoms with Crippen LogP contribution in [0.15, 0.2) is 53.5 Å². The first-order valence-corrected chi connectivity index (χ1v) is 7.68. The van der Waals surface area contributed by atoms with Gasteiger partial charge in [-0.05, 0) is 37.1 Å². The third-order valence-electron chi connectivity index (χ3n) is 4.44. The molecule has 4 rings (SSSR count). The Bertz CT molecular complexity index is 828. The molecule has 3 heterocycles. The van der Waals surface area contributed by atoms with Gasteiger partial charge in [0.15, 0.2) is 5.65 Å². The molecule has 1 fully saturated rings. The van der Waals surface area contributed by atoms with Gasteiger partial charge >= 0.3 is 5.69 Å². The van der Waals surface area contributed by atoms with E-state index in [1.807, 2.05) is 22.8 Å². The van der Waals surface area contributed by atoms with Crippen LogP contribution in [0.5, 0.6) is 0 Å². The molecule has 5 heteroatoms. The van der Waals surface area contributed by atoms with Crippen molar-refractivity contribution in [3.8, 4) is 0 Å². The van der Waals surface area contributed by atoms with E-state index in [2.05, 4.69) is 39.1 Å². The van der Waals surface area contributed by atoms with Crippen LogP contribution in [-0.4, -0.2) is 27.6 Å². The molecule has 0 radical (unpaired) electrons. The summed E-state index contributed by atoms with van der Waals surface area (Å²) in [6, 6.07) is 14.5. The molecule has 1 aliphatic rings. The standard InChI is InChI=1S/C17H18N4O/c22-17-19-16-15(7-4-10-18-16)21(17)14-8-11-20(12-9-14)13-5-2-1-3-6-13/h1-7,10,14H,8-9,11-12H2,(H,18,19,22). The fourth-order valence-corrected chi connectivity index (χ4v) is 3.34. The SMILES string of the molecule is O=c1[nH]c2ncccc2n1C1CCN(c2ccccc2)CC1. The van der Waals surface area contributed by atoms with Gasteiger partial charge in [-0.15, -0.1) is 0 Å². The summed E-state index contributed by atoms with van der Waals surface area (Å²) in [5.41, 5.74) is 2.80. The van der Waals surface area contributed by atoms with Gasteiger partial charge in [-0.1, -0.05) is 18.2 Å². The highest BCUT2D eigenvalue weighted by atomic mass is 16.1. The van der Waals surface area contributed by atoms with Crippen LogP contribution in [0.2, 0.25) is 0 Å². The second-order valence-corrected chi connectivity index (χ2v) is 5.73. The van der Waals surface area contributed by atoms with E-state index in [9.17, 15) is 4.79 Å². The number of pyridine rings is 1. The van der Waals surface area contributed by atoms with E-state index in [4.69, 9.17) is 0 Å². The predicted octanol–water partition coefficient (Wildman–Crippen LogP) is 2.57. The number of aromatic nitrogens is 3. The normalized spacial score (nSPS) is 16.3. The summed E-state index contributed by atoms with van der Waals surface area (Å²) in [5, 5.41) is 0. The van der Waals surface area contributed by atoms with E-state index in [1.54, 1.807) is 6.20 Å². The van der Waals surface area contributed by atoms with E-state index in [0.29, 0.717) is 5.65 Å². The summed E-state index contributed by atoms with van der Waals surface area (Å²) in [4.78, 5) is 21.7. The van der Waals surface area contributed by atoms with Gasteiger partial charge in [0.25, 0.3) is 0 Å². The van der Waals surface area contributed by atoms with E-state index >= 15 is 0 Å². The number of para-hydroxylation sites is 1. The summed E-state index contributed by atoms with van der Waals surface area (Å²) >= 11 is 0. The van der Waals surface area contributed by atoms with Crippen LogP contribution >= 0.6 is 0 Å². The molecule has 0 atom stereocenters. The first-order valence-electron chi connectivity index (χ1n) is 7.68. The summed E-state index contributed by atoms with van der Waals surface area (Å²) < 4.78 is 1.88. The Morgan fingerprint density at radius 1 is 1.05 bits per heavy atom. The Kier molecular flexibility index (Phi) is 3.18. The van der Waals surface area contributed by atoms with Gasteiger partial charge < -0.3 is 4.90 Å². The highest BCUT2D eigenvalue weighted by Crippen LogP contribution is 2.27. The van der Waals surface area contributed by atoms with E-state index in [1.165, 1.54) is 5.69 Å². The Labute approximate surface area is 128 Å². The highest BCUT2D eigenvalue weighted by Gasteiger charge is 2.23. The minimum atomic E-state index is -0.0492. The van der Waals surface area contributed by atoms with Gasteiger partial charge in [-0.2, -0.15) is 0 Å². The zero-order valence-electron chi connectivity index (χ0n) is 12.3. The zero-order valence-corrected chi connectivity index (χ0v) is 12.3. The lowest BCUT2D eigenvalue weighted by molar-refractivity contribution is 0.396. The van der Waals surface area contributed by atoms with Crippen LogP contribution in [0.3, 0.4) is 0 Å². The monoisotopic (exact) mass is 294 g/mol. The molecule has 0 unspecified atom stereocenters. The Morgan fingerprint density at radius 3 is 2.59 bits per heavy atom. The molecule has 5 nitrogen and oxygen atoms in total. The second kappa shape index (κ2) is 5.33. The van der Waals surface area contributed by atoms with Crippen LogP contribution in [0.1, 0.15) is 18.9 Å². The van der Waals surface area contributed by atoms with Crippen LogP contribution in [0.25, 0.3) is 11.2 Å². The molecule has 3 aromatic rings. The zero-order chi connectivity index (χ0) is 14.9. The topological polar surface area (TPSA) is 53.9 Å². The summed E-state index contributed by atoms with van der Waals surface area (Å²) in [7, 11) is 0. The van der Waals surface area contributed by atoms with Crippen molar-refractivity contribution in [2.75, 3.05) is 18.0 Å². The quantitative estimate of drug-likeness (QED) is 0.790. The largest absolute Gasteiger partial charge is 0.371 e. The highest BCUT2D eigenvalue weighted by molar-refractivity contribution is 5.70. The molecule has 112 valence electrons. The number of nitrogens with one attached hydrogen (secondary N) is 1. The Hall–Kier alpha value is -2.56. The summed E-state index contributed by atoms with van der Waals surface area (Å²) in [6.07, 6.45) is 3.65. The lowest BCUT2D eigenvalue weighted by Gasteiger charge is -2.34. The Morgan fingerprint density at radius 2 is 1.82 bits per heavy atom. The molecular formula is C17H18N4O. The van der Waals surface area contributed by atoms with Gasteiger partial charge in [0, 0.05) is 31.0 Å². The molecule has 22 heavy (non-hydrogen) atoms. The Balaban J connectivity index is 1.58. The molecule has 0 aliphatic carbocycles. The third kappa shape index (κ3) is 2.19.